The summed E-state index contributed by atoms with van der Waals surface area (Å²) < 4.78 is 36.9. The van der Waals surface area contributed by atoms with Crippen molar-refractivity contribution in [2.75, 3.05) is 27.7 Å². The number of ether oxygens (including phenoxy) is 1. The molecule has 34 heavy (non-hydrogen) atoms. The molecule has 0 fully saturated rings. The summed E-state index contributed by atoms with van der Waals surface area (Å²) in [7, 11) is 0.579. The number of carbonyl (C=O) groups excluding carboxylic acids is 1. The van der Waals surface area contributed by atoms with Gasteiger partial charge >= 0.3 is 0 Å². The third kappa shape index (κ3) is 5.81. The maximum atomic E-state index is 12.8. The van der Waals surface area contributed by atoms with E-state index in [0.717, 1.165) is 9.87 Å². The van der Waals surface area contributed by atoms with Crippen molar-refractivity contribution >= 4 is 15.9 Å². The molecule has 0 radical (unpaired) electrons. The average Bonchev–Trinajstić information content (AvgIpc) is 3.27. The van der Waals surface area contributed by atoms with E-state index in [2.05, 4.69) is 30.9 Å². The van der Waals surface area contributed by atoms with E-state index in [1.165, 1.54) is 36.8 Å². The first-order chi connectivity index (χ1) is 15.9. The summed E-state index contributed by atoms with van der Waals surface area (Å²) >= 11 is 0. The molecular weight excluding hydrogens is 456 g/mol. The van der Waals surface area contributed by atoms with Crippen molar-refractivity contribution in [2.45, 2.75) is 37.6 Å². The number of nitrogens with zero attached hydrogens (tertiary/aromatic N) is 4. The van der Waals surface area contributed by atoms with Gasteiger partial charge in [-0.3, -0.25) is 4.79 Å². The highest BCUT2D eigenvalue weighted by Crippen LogP contribution is 2.25. The monoisotopic (exact) mass is 486 g/mol. The summed E-state index contributed by atoms with van der Waals surface area (Å²) in [6, 6.07) is 13.9. The predicted octanol–water partition coefficient (Wildman–Crippen LogP) is 3.32. The van der Waals surface area contributed by atoms with Gasteiger partial charge in [-0.05, 0) is 35.2 Å². The Kier molecular flexibility index (Phi) is 7.42. The van der Waals surface area contributed by atoms with Gasteiger partial charge in [0, 0.05) is 19.7 Å². The number of hydrogen-bond donors (Lipinski definition) is 0. The number of hydrogen-bond acceptors (Lipinski definition) is 7. The third-order valence-corrected chi connectivity index (χ3v) is 7.22. The Morgan fingerprint density at radius 3 is 2.21 bits per heavy atom. The fourth-order valence-corrected chi connectivity index (χ4v) is 4.29. The summed E-state index contributed by atoms with van der Waals surface area (Å²) in [5.41, 5.74) is 2.04. The minimum absolute atomic E-state index is 0.0397. The molecule has 3 aromatic rings. The SMILES string of the molecule is COc1ccc(S(=O)(=O)N(C)CC(=O)N(C)Cc2nc(-c3ccc(C(C)(C)C)cc3)no2)cc1. The van der Waals surface area contributed by atoms with Crippen LogP contribution in [0.3, 0.4) is 0 Å². The molecule has 10 heteroatoms. The Morgan fingerprint density at radius 1 is 1.03 bits per heavy atom. The van der Waals surface area contributed by atoms with Crippen LogP contribution in [0.5, 0.6) is 5.75 Å². The number of carbonyl (C=O) groups is 1. The first-order valence-corrected chi connectivity index (χ1v) is 12.1. The maximum Gasteiger partial charge on any atom is 0.246 e. The van der Waals surface area contributed by atoms with E-state index in [0.29, 0.717) is 11.6 Å². The molecule has 0 aliphatic carbocycles. The van der Waals surface area contributed by atoms with E-state index in [1.54, 1.807) is 19.2 Å². The van der Waals surface area contributed by atoms with Gasteiger partial charge in [0.1, 0.15) is 5.75 Å². The number of sulfonamides is 1. The predicted molar refractivity (Wildman–Crippen MR) is 128 cm³/mol. The molecule has 1 amide bonds. The zero-order chi connectivity index (χ0) is 25.1. The van der Waals surface area contributed by atoms with Crippen molar-refractivity contribution in [1.29, 1.82) is 0 Å². The molecule has 3 rings (SSSR count). The van der Waals surface area contributed by atoms with Gasteiger partial charge < -0.3 is 14.2 Å². The smallest absolute Gasteiger partial charge is 0.246 e. The van der Waals surface area contributed by atoms with Crippen LogP contribution in [0.25, 0.3) is 11.4 Å². The van der Waals surface area contributed by atoms with Crippen LogP contribution in [0.1, 0.15) is 32.2 Å². The van der Waals surface area contributed by atoms with Crippen LogP contribution in [-0.2, 0) is 26.8 Å². The van der Waals surface area contributed by atoms with Crippen molar-refractivity contribution in [3.05, 3.63) is 60.0 Å². The Morgan fingerprint density at radius 2 is 1.65 bits per heavy atom. The second-order valence-corrected chi connectivity index (χ2v) is 11.1. The summed E-state index contributed by atoms with van der Waals surface area (Å²) in [5.74, 6) is 0.817. The molecule has 1 aromatic heterocycles. The molecule has 182 valence electrons. The summed E-state index contributed by atoms with van der Waals surface area (Å²) in [6.45, 7) is 6.14. The molecule has 0 aliphatic rings. The number of likely N-dealkylation sites (N-methyl/N-ethyl adjacent to an activating group) is 2. The fraction of sp³-hybridized carbons (Fsp3) is 0.375. The topological polar surface area (TPSA) is 106 Å². The lowest BCUT2D eigenvalue weighted by atomic mass is 9.87. The van der Waals surface area contributed by atoms with Crippen molar-refractivity contribution in [3.8, 4) is 17.1 Å². The van der Waals surface area contributed by atoms with E-state index in [1.807, 2.05) is 24.3 Å². The van der Waals surface area contributed by atoms with Crippen LogP contribution in [-0.4, -0.2) is 61.4 Å². The molecule has 1 heterocycles. The minimum atomic E-state index is -3.83. The Bertz CT molecular complexity index is 1230. The van der Waals surface area contributed by atoms with Gasteiger partial charge in [-0.2, -0.15) is 9.29 Å². The van der Waals surface area contributed by atoms with Crippen LogP contribution in [0.4, 0.5) is 0 Å². The van der Waals surface area contributed by atoms with Gasteiger partial charge in [-0.15, -0.1) is 0 Å². The van der Waals surface area contributed by atoms with Crippen molar-refractivity contribution in [2.24, 2.45) is 0 Å². The number of rotatable bonds is 8. The van der Waals surface area contributed by atoms with E-state index < -0.39 is 15.9 Å². The standard InChI is InChI=1S/C24H30N4O5S/c1-24(2,3)18-9-7-17(8-10-18)23-25-21(33-26-23)15-27(4)22(29)16-28(5)34(30,31)20-13-11-19(32-6)12-14-20/h7-14H,15-16H2,1-6H3. The van der Waals surface area contributed by atoms with Crippen LogP contribution >= 0.6 is 0 Å². The number of amides is 1. The normalized spacial score (nSPS) is 12.1. The van der Waals surface area contributed by atoms with Gasteiger partial charge in [0.15, 0.2) is 0 Å². The van der Waals surface area contributed by atoms with E-state index in [-0.39, 0.29) is 29.3 Å². The third-order valence-electron chi connectivity index (χ3n) is 5.40. The molecule has 0 bridgehead atoms. The largest absolute Gasteiger partial charge is 0.497 e. The van der Waals surface area contributed by atoms with Crippen LogP contribution < -0.4 is 4.74 Å². The van der Waals surface area contributed by atoms with Gasteiger partial charge in [0.2, 0.25) is 27.6 Å². The second-order valence-electron chi connectivity index (χ2n) is 9.03. The summed E-state index contributed by atoms with van der Waals surface area (Å²) in [5, 5.41) is 4.00. The van der Waals surface area contributed by atoms with Crippen molar-refractivity contribution in [3.63, 3.8) is 0 Å². The van der Waals surface area contributed by atoms with Crippen molar-refractivity contribution < 1.29 is 22.5 Å². The Labute approximate surface area is 200 Å². The fourth-order valence-electron chi connectivity index (χ4n) is 3.17. The molecule has 0 aliphatic heterocycles. The first-order valence-electron chi connectivity index (χ1n) is 10.7. The molecule has 0 saturated heterocycles. The maximum absolute atomic E-state index is 12.8. The summed E-state index contributed by atoms with van der Waals surface area (Å²) in [4.78, 5) is 18.4. The van der Waals surface area contributed by atoms with E-state index in [9.17, 15) is 13.2 Å². The number of methoxy groups -OCH3 is 1. The number of aromatic nitrogens is 2. The van der Waals surface area contributed by atoms with Gasteiger partial charge in [-0.1, -0.05) is 50.2 Å². The molecular formula is C24H30N4O5S. The van der Waals surface area contributed by atoms with Crippen LogP contribution in [0.2, 0.25) is 0 Å². The minimum Gasteiger partial charge on any atom is -0.497 e. The molecule has 0 spiro atoms. The summed E-state index contributed by atoms with van der Waals surface area (Å²) in [6.07, 6.45) is 0. The lowest BCUT2D eigenvalue weighted by molar-refractivity contribution is -0.130. The lowest BCUT2D eigenvalue weighted by Gasteiger charge is -2.21. The molecule has 0 atom stereocenters. The van der Waals surface area contributed by atoms with Gasteiger partial charge in [-0.25, -0.2) is 8.42 Å². The quantitative estimate of drug-likeness (QED) is 0.481. The molecule has 0 saturated carbocycles. The van der Waals surface area contributed by atoms with Gasteiger partial charge in [0.25, 0.3) is 0 Å². The van der Waals surface area contributed by atoms with Crippen molar-refractivity contribution in [1.82, 2.24) is 19.3 Å². The molecule has 0 unspecified atom stereocenters. The average molecular weight is 487 g/mol. The lowest BCUT2D eigenvalue weighted by Crippen LogP contribution is -2.39. The zero-order valence-electron chi connectivity index (χ0n) is 20.3. The first kappa shape index (κ1) is 25.4. The number of benzene rings is 2. The highest BCUT2D eigenvalue weighted by Gasteiger charge is 2.25. The zero-order valence-corrected chi connectivity index (χ0v) is 21.1. The Balaban J connectivity index is 1.63. The molecule has 2 aromatic carbocycles. The molecule has 9 nitrogen and oxygen atoms in total. The second kappa shape index (κ2) is 9.94. The molecule has 0 N–H and O–H groups in total. The van der Waals surface area contributed by atoms with E-state index >= 15 is 0 Å². The highest BCUT2D eigenvalue weighted by molar-refractivity contribution is 7.89. The Hall–Kier alpha value is -3.24. The van der Waals surface area contributed by atoms with Crippen LogP contribution in [0.15, 0.2) is 57.9 Å². The van der Waals surface area contributed by atoms with Crippen LogP contribution in [0, 0.1) is 0 Å². The highest BCUT2D eigenvalue weighted by atomic mass is 32.2. The van der Waals surface area contributed by atoms with E-state index in [4.69, 9.17) is 9.26 Å². The van der Waals surface area contributed by atoms with Gasteiger partial charge in [0.05, 0.1) is 25.1 Å².